The summed E-state index contributed by atoms with van der Waals surface area (Å²) in [6, 6.07) is 37.1. The highest BCUT2D eigenvalue weighted by molar-refractivity contribution is 7.62. The fraction of sp³-hybridized carbons (Fsp3) is 0.0769. The quantitative estimate of drug-likeness (QED) is 0.305. The predicted molar refractivity (Wildman–Crippen MR) is 122 cm³/mol. The Morgan fingerprint density at radius 3 is 1.37 bits per heavy atom. The minimum Gasteiger partial charge on any atom is -0.300 e. The summed E-state index contributed by atoms with van der Waals surface area (Å²) in [5, 5.41) is 0.550. The van der Waals surface area contributed by atoms with Gasteiger partial charge >= 0.3 is 7.60 Å². The maximum Gasteiger partial charge on any atom is 0.361 e. The summed E-state index contributed by atoms with van der Waals surface area (Å²) in [7, 11) is -3.51. The van der Waals surface area contributed by atoms with E-state index in [-0.39, 0.29) is 13.2 Å². The van der Waals surface area contributed by atoms with Crippen molar-refractivity contribution in [1.29, 1.82) is 0 Å². The van der Waals surface area contributed by atoms with Crippen LogP contribution in [-0.4, -0.2) is 0 Å². The maximum atomic E-state index is 13.8. The Balaban J connectivity index is 1.57. The third-order valence-electron chi connectivity index (χ3n) is 4.78. The van der Waals surface area contributed by atoms with Crippen molar-refractivity contribution in [2.24, 2.45) is 0 Å². The van der Waals surface area contributed by atoms with E-state index in [9.17, 15) is 4.57 Å². The molecule has 0 aliphatic rings. The van der Waals surface area contributed by atoms with Crippen molar-refractivity contribution in [1.82, 2.24) is 0 Å². The zero-order valence-electron chi connectivity index (χ0n) is 16.6. The molecule has 0 saturated heterocycles. The zero-order valence-corrected chi connectivity index (χ0v) is 17.5. The SMILES string of the molecule is O=P(OCc1ccccc1)(OCc1ccccc1)c1ccc(-c2ccccc2)cc1. The molecule has 0 atom stereocenters. The van der Waals surface area contributed by atoms with E-state index in [1.54, 1.807) is 0 Å². The van der Waals surface area contributed by atoms with Gasteiger partial charge in [-0.1, -0.05) is 103 Å². The van der Waals surface area contributed by atoms with Crippen LogP contribution in [0.1, 0.15) is 11.1 Å². The smallest absolute Gasteiger partial charge is 0.300 e. The minimum atomic E-state index is -3.51. The number of hydrogen-bond donors (Lipinski definition) is 0. The van der Waals surface area contributed by atoms with Gasteiger partial charge in [0.05, 0.1) is 18.5 Å². The van der Waals surface area contributed by atoms with Gasteiger partial charge in [-0.2, -0.15) is 0 Å². The second-order valence-electron chi connectivity index (χ2n) is 6.93. The first-order valence-electron chi connectivity index (χ1n) is 9.86. The number of hydrogen-bond acceptors (Lipinski definition) is 3. The molecule has 30 heavy (non-hydrogen) atoms. The van der Waals surface area contributed by atoms with Gasteiger partial charge in [0, 0.05) is 0 Å². The molecule has 4 aromatic rings. The van der Waals surface area contributed by atoms with E-state index in [2.05, 4.69) is 0 Å². The topological polar surface area (TPSA) is 35.5 Å². The van der Waals surface area contributed by atoms with Crippen molar-refractivity contribution in [2.75, 3.05) is 0 Å². The Morgan fingerprint density at radius 2 is 0.900 bits per heavy atom. The van der Waals surface area contributed by atoms with E-state index < -0.39 is 7.60 Å². The third-order valence-corrected chi connectivity index (χ3v) is 6.65. The van der Waals surface area contributed by atoms with Crippen molar-refractivity contribution in [2.45, 2.75) is 13.2 Å². The largest absolute Gasteiger partial charge is 0.361 e. The lowest BCUT2D eigenvalue weighted by molar-refractivity contribution is 0.200. The van der Waals surface area contributed by atoms with Crippen LogP contribution in [0.25, 0.3) is 11.1 Å². The van der Waals surface area contributed by atoms with Gasteiger partial charge in [0.15, 0.2) is 0 Å². The third kappa shape index (κ3) is 5.14. The van der Waals surface area contributed by atoms with E-state index in [4.69, 9.17) is 9.05 Å². The monoisotopic (exact) mass is 414 g/mol. The Bertz CT molecular complexity index is 1050. The minimum absolute atomic E-state index is 0.216. The molecular weight excluding hydrogens is 391 g/mol. The Hall–Kier alpha value is -2.97. The van der Waals surface area contributed by atoms with Gasteiger partial charge in [0.25, 0.3) is 0 Å². The fourth-order valence-corrected chi connectivity index (χ4v) is 4.65. The molecule has 0 aromatic heterocycles. The summed E-state index contributed by atoms with van der Waals surface area (Å²) in [4.78, 5) is 0. The van der Waals surface area contributed by atoms with Gasteiger partial charge in [0.1, 0.15) is 0 Å². The molecule has 0 bridgehead atoms. The first-order valence-corrected chi connectivity index (χ1v) is 11.4. The predicted octanol–water partition coefficient (Wildman–Crippen LogP) is 6.61. The lowest BCUT2D eigenvalue weighted by atomic mass is 10.1. The van der Waals surface area contributed by atoms with Crippen LogP contribution in [0, 0.1) is 0 Å². The van der Waals surface area contributed by atoms with Crippen LogP contribution < -0.4 is 5.30 Å². The van der Waals surface area contributed by atoms with E-state index in [1.165, 1.54) is 0 Å². The molecule has 0 saturated carbocycles. The molecule has 0 radical (unpaired) electrons. The zero-order chi connectivity index (χ0) is 20.7. The van der Waals surface area contributed by atoms with Crippen LogP contribution in [0.5, 0.6) is 0 Å². The normalized spacial score (nSPS) is 11.3. The van der Waals surface area contributed by atoms with Gasteiger partial charge < -0.3 is 9.05 Å². The fourth-order valence-electron chi connectivity index (χ4n) is 3.12. The van der Waals surface area contributed by atoms with Crippen LogP contribution in [0.2, 0.25) is 0 Å². The maximum absolute atomic E-state index is 13.8. The molecule has 4 heteroatoms. The lowest BCUT2D eigenvalue weighted by Crippen LogP contribution is -2.10. The molecule has 0 amide bonds. The highest BCUT2D eigenvalue weighted by Crippen LogP contribution is 2.48. The van der Waals surface area contributed by atoms with Crippen molar-refractivity contribution in [3.63, 3.8) is 0 Å². The summed E-state index contributed by atoms with van der Waals surface area (Å²) in [5.74, 6) is 0. The average molecular weight is 414 g/mol. The van der Waals surface area contributed by atoms with Crippen molar-refractivity contribution < 1.29 is 13.6 Å². The molecule has 4 rings (SSSR count). The van der Waals surface area contributed by atoms with Crippen LogP contribution >= 0.6 is 7.60 Å². The summed E-state index contributed by atoms with van der Waals surface area (Å²) in [5.41, 5.74) is 4.05. The number of benzene rings is 4. The van der Waals surface area contributed by atoms with E-state index in [1.807, 2.05) is 115 Å². The van der Waals surface area contributed by atoms with E-state index in [0.29, 0.717) is 5.30 Å². The van der Waals surface area contributed by atoms with Crippen LogP contribution in [0.4, 0.5) is 0 Å². The summed E-state index contributed by atoms with van der Waals surface area (Å²) < 4.78 is 25.6. The summed E-state index contributed by atoms with van der Waals surface area (Å²) in [6.07, 6.45) is 0. The van der Waals surface area contributed by atoms with Crippen molar-refractivity contribution >= 4 is 12.9 Å². The van der Waals surface area contributed by atoms with E-state index in [0.717, 1.165) is 22.3 Å². The number of rotatable bonds is 8. The molecule has 150 valence electrons. The van der Waals surface area contributed by atoms with Gasteiger partial charge in [-0.3, -0.25) is 4.57 Å². The van der Waals surface area contributed by atoms with Gasteiger partial charge in [-0.05, 0) is 34.4 Å². The Kier molecular flexibility index (Phi) is 6.56. The van der Waals surface area contributed by atoms with Gasteiger partial charge in [-0.25, -0.2) is 0 Å². The molecule has 0 fully saturated rings. The van der Waals surface area contributed by atoms with Crippen LogP contribution in [-0.2, 0) is 26.8 Å². The molecule has 0 aliphatic carbocycles. The first-order chi connectivity index (χ1) is 14.7. The van der Waals surface area contributed by atoms with Gasteiger partial charge in [-0.15, -0.1) is 0 Å². The summed E-state index contributed by atoms with van der Waals surface area (Å²) in [6.45, 7) is 0.431. The van der Waals surface area contributed by atoms with Gasteiger partial charge in [0.2, 0.25) is 0 Å². The molecule has 0 unspecified atom stereocenters. The standard InChI is InChI=1S/C26H23O3P/c27-30(28-20-22-10-4-1-5-11-22,29-21-23-12-6-2-7-13-23)26-18-16-25(17-19-26)24-14-8-3-9-15-24/h1-19H,20-21H2. The molecule has 0 heterocycles. The molecule has 0 N–H and O–H groups in total. The second-order valence-corrected chi connectivity index (χ2v) is 8.96. The highest BCUT2D eigenvalue weighted by Gasteiger charge is 2.28. The van der Waals surface area contributed by atoms with Crippen molar-refractivity contribution in [3.05, 3.63) is 126 Å². The molecule has 4 aromatic carbocycles. The van der Waals surface area contributed by atoms with Crippen LogP contribution in [0.15, 0.2) is 115 Å². The van der Waals surface area contributed by atoms with E-state index >= 15 is 0 Å². The summed E-state index contributed by atoms with van der Waals surface area (Å²) >= 11 is 0. The molecular formula is C26H23O3P. The second kappa shape index (κ2) is 9.69. The molecule has 0 aliphatic heterocycles. The Labute approximate surface area is 177 Å². The lowest BCUT2D eigenvalue weighted by Gasteiger charge is -2.19. The Morgan fingerprint density at radius 1 is 0.500 bits per heavy atom. The molecule has 3 nitrogen and oxygen atoms in total. The highest BCUT2D eigenvalue weighted by atomic mass is 31.2. The first kappa shape index (κ1) is 20.3. The molecule has 0 spiro atoms. The van der Waals surface area contributed by atoms with Crippen LogP contribution in [0.3, 0.4) is 0 Å². The van der Waals surface area contributed by atoms with Crippen molar-refractivity contribution in [3.8, 4) is 11.1 Å². The average Bonchev–Trinajstić information content (AvgIpc) is 2.83.